The van der Waals surface area contributed by atoms with E-state index in [-0.39, 0.29) is 0 Å². The minimum atomic E-state index is 0.720. The van der Waals surface area contributed by atoms with Gasteiger partial charge in [0.2, 0.25) is 5.95 Å². The van der Waals surface area contributed by atoms with Gasteiger partial charge in [0, 0.05) is 25.4 Å². The van der Waals surface area contributed by atoms with E-state index in [4.69, 9.17) is 4.74 Å². The van der Waals surface area contributed by atoms with E-state index in [2.05, 4.69) is 37.3 Å². The summed E-state index contributed by atoms with van der Waals surface area (Å²) in [4.78, 5) is 11.3. The number of rotatable bonds is 5. The first-order valence-corrected chi connectivity index (χ1v) is 9.26. The Morgan fingerprint density at radius 1 is 1.11 bits per heavy atom. The van der Waals surface area contributed by atoms with E-state index in [1.165, 1.54) is 12.8 Å². The van der Waals surface area contributed by atoms with Crippen molar-refractivity contribution in [3.8, 4) is 17.0 Å². The van der Waals surface area contributed by atoms with Crippen LogP contribution in [-0.4, -0.2) is 40.4 Å². The number of nitrogens with one attached hydrogen (secondary N) is 2. The number of hydrogen-bond donors (Lipinski definition) is 2. The highest BCUT2D eigenvalue weighted by Gasteiger charge is 2.18. The largest absolute Gasteiger partial charge is 0.497 e. The Bertz CT molecular complexity index is 883. The van der Waals surface area contributed by atoms with Gasteiger partial charge in [0.05, 0.1) is 12.8 Å². The number of aromatic nitrogens is 4. The van der Waals surface area contributed by atoms with Gasteiger partial charge in [0.15, 0.2) is 5.82 Å². The molecular formula is C20H24N6O. The van der Waals surface area contributed by atoms with E-state index in [1.54, 1.807) is 13.3 Å². The third kappa shape index (κ3) is 4.02. The Morgan fingerprint density at radius 3 is 2.63 bits per heavy atom. The molecular weight excluding hydrogens is 340 g/mol. The number of hydrogen-bond acceptors (Lipinski definition) is 6. The predicted molar refractivity (Wildman–Crippen MR) is 107 cm³/mol. The highest BCUT2D eigenvalue weighted by atomic mass is 16.5. The molecule has 1 aliphatic rings. The zero-order chi connectivity index (χ0) is 18.6. The zero-order valence-corrected chi connectivity index (χ0v) is 15.6. The van der Waals surface area contributed by atoms with Gasteiger partial charge >= 0.3 is 0 Å². The molecule has 3 aromatic rings. The maximum Gasteiger partial charge on any atom is 0.227 e. The molecule has 1 aromatic carbocycles. The first kappa shape index (κ1) is 17.3. The summed E-state index contributed by atoms with van der Waals surface area (Å²) in [5.41, 5.74) is 1.97. The van der Waals surface area contributed by atoms with Gasteiger partial charge in [0.1, 0.15) is 11.6 Å². The molecule has 7 heteroatoms. The molecule has 140 valence electrons. The van der Waals surface area contributed by atoms with Gasteiger partial charge in [0.25, 0.3) is 0 Å². The SMILES string of the molecule is COc1ccc(-c2cc(Nc3ccnc(N4CCC(C)CC4)n3)n[nH]2)cc1. The number of H-pyrrole nitrogens is 1. The highest BCUT2D eigenvalue weighted by molar-refractivity contribution is 5.65. The molecule has 0 saturated carbocycles. The van der Waals surface area contributed by atoms with Crippen LogP contribution in [0.2, 0.25) is 0 Å². The second-order valence-corrected chi connectivity index (χ2v) is 6.93. The van der Waals surface area contributed by atoms with Gasteiger partial charge in [-0.25, -0.2) is 4.98 Å². The number of piperidine rings is 1. The molecule has 1 aliphatic heterocycles. The zero-order valence-electron chi connectivity index (χ0n) is 15.6. The van der Waals surface area contributed by atoms with Crippen molar-refractivity contribution in [1.82, 2.24) is 20.2 Å². The molecule has 1 saturated heterocycles. The van der Waals surface area contributed by atoms with Crippen LogP contribution in [0.4, 0.5) is 17.6 Å². The summed E-state index contributed by atoms with van der Waals surface area (Å²) >= 11 is 0. The maximum absolute atomic E-state index is 5.20. The van der Waals surface area contributed by atoms with Gasteiger partial charge in [-0.05, 0) is 54.7 Å². The summed E-state index contributed by atoms with van der Waals surface area (Å²) in [5.74, 6) is 3.85. The molecule has 0 atom stereocenters. The number of aromatic amines is 1. The fraction of sp³-hybridized carbons (Fsp3) is 0.350. The smallest absolute Gasteiger partial charge is 0.227 e. The van der Waals surface area contributed by atoms with Crippen LogP contribution in [0.1, 0.15) is 19.8 Å². The fourth-order valence-electron chi connectivity index (χ4n) is 3.21. The Kier molecular flexibility index (Phi) is 4.91. The number of benzene rings is 1. The molecule has 3 heterocycles. The number of methoxy groups -OCH3 is 1. The third-order valence-electron chi connectivity index (χ3n) is 4.94. The Morgan fingerprint density at radius 2 is 1.89 bits per heavy atom. The lowest BCUT2D eigenvalue weighted by atomic mass is 10.00. The van der Waals surface area contributed by atoms with Crippen molar-refractivity contribution in [1.29, 1.82) is 0 Å². The molecule has 0 amide bonds. The van der Waals surface area contributed by atoms with Crippen LogP contribution in [0.3, 0.4) is 0 Å². The average molecular weight is 364 g/mol. The van der Waals surface area contributed by atoms with Crippen molar-refractivity contribution >= 4 is 17.6 Å². The van der Waals surface area contributed by atoms with Gasteiger partial charge in [-0.3, -0.25) is 5.10 Å². The lowest BCUT2D eigenvalue weighted by Gasteiger charge is -2.30. The number of nitrogens with zero attached hydrogens (tertiary/aromatic N) is 4. The van der Waals surface area contributed by atoms with Crippen LogP contribution >= 0.6 is 0 Å². The normalized spacial score (nSPS) is 15.0. The van der Waals surface area contributed by atoms with Crippen LogP contribution in [0, 0.1) is 5.92 Å². The Labute approximate surface area is 158 Å². The lowest BCUT2D eigenvalue weighted by Crippen LogP contribution is -2.34. The van der Waals surface area contributed by atoms with Crippen LogP contribution in [0.25, 0.3) is 11.3 Å². The second-order valence-electron chi connectivity index (χ2n) is 6.93. The molecule has 7 nitrogen and oxygen atoms in total. The minimum Gasteiger partial charge on any atom is -0.497 e. The van der Waals surface area contributed by atoms with E-state index in [0.29, 0.717) is 0 Å². The molecule has 1 fully saturated rings. The summed E-state index contributed by atoms with van der Waals surface area (Å²) in [5, 5.41) is 10.7. The predicted octanol–water partition coefficient (Wildman–Crippen LogP) is 3.86. The van der Waals surface area contributed by atoms with Crippen LogP contribution in [0.5, 0.6) is 5.75 Å². The maximum atomic E-state index is 5.20. The van der Waals surface area contributed by atoms with Gasteiger partial charge in [-0.15, -0.1) is 0 Å². The standard InChI is InChI=1S/C20H24N6O/c1-14-8-11-26(12-9-14)20-21-10-7-18(23-20)22-19-13-17(24-25-19)15-3-5-16(27-2)6-4-15/h3-7,10,13-14H,8-9,11-12H2,1-2H3,(H2,21,22,23,24,25). The Balaban J connectivity index is 1.46. The van der Waals surface area contributed by atoms with E-state index >= 15 is 0 Å². The lowest BCUT2D eigenvalue weighted by molar-refractivity contribution is 0.415. The fourth-order valence-corrected chi connectivity index (χ4v) is 3.21. The first-order chi connectivity index (χ1) is 13.2. The summed E-state index contributed by atoms with van der Waals surface area (Å²) in [7, 11) is 1.66. The summed E-state index contributed by atoms with van der Waals surface area (Å²) in [6, 6.07) is 11.7. The Hall–Kier alpha value is -3.09. The van der Waals surface area contributed by atoms with E-state index in [9.17, 15) is 0 Å². The van der Waals surface area contributed by atoms with Crippen LogP contribution in [-0.2, 0) is 0 Å². The van der Waals surface area contributed by atoms with Crippen molar-refractivity contribution in [2.75, 3.05) is 30.4 Å². The number of ether oxygens (including phenoxy) is 1. The third-order valence-corrected chi connectivity index (χ3v) is 4.94. The topological polar surface area (TPSA) is 79.0 Å². The molecule has 2 aromatic heterocycles. The van der Waals surface area contributed by atoms with Crippen molar-refractivity contribution in [3.05, 3.63) is 42.6 Å². The van der Waals surface area contributed by atoms with Crippen molar-refractivity contribution in [2.45, 2.75) is 19.8 Å². The molecule has 0 radical (unpaired) electrons. The van der Waals surface area contributed by atoms with E-state index in [0.717, 1.165) is 53.6 Å². The van der Waals surface area contributed by atoms with Crippen molar-refractivity contribution in [3.63, 3.8) is 0 Å². The van der Waals surface area contributed by atoms with Crippen LogP contribution in [0.15, 0.2) is 42.6 Å². The van der Waals surface area contributed by atoms with Crippen LogP contribution < -0.4 is 15.0 Å². The monoisotopic (exact) mass is 364 g/mol. The summed E-state index contributed by atoms with van der Waals surface area (Å²) in [6.07, 6.45) is 4.16. The summed E-state index contributed by atoms with van der Waals surface area (Å²) < 4.78 is 5.20. The van der Waals surface area contributed by atoms with Gasteiger partial charge in [-0.2, -0.15) is 10.1 Å². The molecule has 0 unspecified atom stereocenters. The van der Waals surface area contributed by atoms with Crippen molar-refractivity contribution in [2.24, 2.45) is 5.92 Å². The van der Waals surface area contributed by atoms with E-state index in [1.807, 2.05) is 36.4 Å². The van der Waals surface area contributed by atoms with Crippen molar-refractivity contribution < 1.29 is 4.74 Å². The minimum absolute atomic E-state index is 0.720. The molecule has 0 bridgehead atoms. The first-order valence-electron chi connectivity index (χ1n) is 9.26. The molecule has 4 rings (SSSR count). The average Bonchev–Trinajstić information content (AvgIpc) is 3.17. The second kappa shape index (κ2) is 7.65. The quantitative estimate of drug-likeness (QED) is 0.716. The van der Waals surface area contributed by atoms with Gasteiger partial charge < -0.3 is 15.0 Å². The van der Waals surface area contributed by atoms with E-state index < -0.39 is 0 Å². The van der Waals surface area contributed by atoms with Gasteiger partial charge in [-0.1, -0.05) is 6.92 Å². The molecule has 2 N–H and O–H groups in total. The molecule has 0 aliphatic carbocycles. The summed E-state index contributed by atoms with van der Waals surface area (Å²) in [6.45, 7) is 4.32. The molecule has 0 spiro atoms. The highest BCUT2D eigenvalue weighted by Crippen LogP contribution is 2.25. The number of anilines is 3. The molecule has 27 heavy (non-hydrogen) atoms.